The number of nitrogens with two attached hydrogens (primary N) is 1. The molecule has 0 amide bonds. The van der Waals surface area contributed by atoms with Gasteiger partial charge in [0, 0.05) is 11.6 Å². The first kappa shape index (κ1) is 26.3. The molecule has 200 valence electrons. The Hall–Kier alpha value is -5.29. The van der Waals surface area contributed by atoms with Gasteiger partial charge in [-0.25, -0.2) is 9.18 Å². The van der Waals surface area contributed by atoms with Crippen LogP contribution in [0.3, 0.4) is 0 Å². The normalized spacial score (nSPS) is 14.0. The van der Waals surface area contributed by atoms with Crippen molar-refractivity contribution in [3.63, 3.8) is 0 Å². The lowest BCUT2D eigenvalue weighted by molar-refractivity contribution is 0.0734. The molecule has 0 aliphatic carbocycles. The highest BCUT2D eigenvalue weighted by molar-refractivity contribution is 5.91. The van der Waals surface area contributed by atoms with Gasteiger partial charge in [-0.05, 0) is 60.5 Å². The summed E-state index contributed by atoms with van der Waals surface area (Å²) in [6, 6.07) is 25.6. The first-order valence-corrected chi connectivity index (χ1v) is 12.4. The molecule has 1 aliphatic heterocycles. The Morgan fingerprint density at radius 3 is 2.55 bits per heavy atom. The minimum atomic E-state index is -0.560. The van der Waals surface area contributed by atoms with Crippen LogP contribution in [0.1, 0.15) is 38.5 Å². The minimum absolute atomic E-state index is 0.0437. The van der Waals surface area contributed by atoms with Gasteiger partial charge in [0.15, 0.2) is 11.5 Å². The number of ether oxygens (including phenoxy) is 4. The number of nitriles is 1. The fourth-order valence-electron chi connectivity index (χ4n) is 4.50. The molecule has 0 bridgehead atoms. The fraction of sp³-hybridized carbons (Fsp3) is 0.125. The maximum absolute atomic E-state index is 13.2. The predicted molar refractivity (Wildman–Crippen MR) is 146 cm³/mol. The molecule has 1 unspecified atom stereocenters. The van der Waals surface area contributed by atoms with Crippen LogP contribution >= 0.6 is 0 Å². The number of fused-ring (bicyclic) bond motifs is 1. The van der Waals surface area contributed by atoms with E-state index < -0.39 is 11.9 Å². The SMILES string of the molecule is COc1cc(C2C(C#N)=C(N)Oc3cc(OC(=O)c4cccc(C)c4)ccc32)ccc1OCc1ccc(F)cc1. The summed E-state index contributed by atoms with van der Waals surface area (Å²) in [6.07, 6.45) is 0. The number of methoxy groups -OCH3 is 1. The summed E-state index contributed by atoms with van der Waals surface area (Å²) in [5.41, 5.74) is 9.95. The molecule has 2 N–H and O–H groups in total. The molecule has 0 aromatic heterocycles. The van der Waals surface area contributed by atoms with Crippen molar-refractivity contribution in [1.82, 2.24) is 0 Å². The van der Waals surface area contributed by atoms with Crippen molar-refractivity contribution in [2.24, 2.45) is 5.73 Å². The highest BCUT2D eigenvalue weighted by Crippen LogP contribution is 2.45. The Bertz CT molecular complexity index is 1660. The zero-order chi connectivity index (χ0) is 28.2. The van der Waals surface area contributed by atoms with Crippen molar-refractivity contribution in [1.29, 1.82) is 5.26 Å². The molecule has 40 heavy (non-hydrogen) atoms. The van der Waals surface area contributed by atoms with Crippen molar-refractivity contribution in [2.75, 3.05) is 7.11 Å². The molecule has 0 saturated carbocycles. The van der Waals surface area contributed by atoms with E-state index in [9.17, 15) is 14.4 Å². The third-order valence-corrected chi connectivity index (χ3v) is 6.48. The van der Waals surface area contributed by atoms with Crippen molar-refractivity contribution in [3.05, 3.63) is 130 Å². The molecule has 5 rings (SSSR count). The first-order chi connectivity index (χ1) is 19.4. The lowest BCUT2D eigenvalue weighted by Crippen LogP contribution is -2.21. The Morgan fingerprint density at radius 1 is 1.02 bits per heavy atom. The van der Waals surface area contributed by atoms with Crippen molar-refractivity contribution >= 4 is 5.97 Å². The first-order valence-electron chi connectivity index (χ1n) is 12.4. The third-order valence-electron chi connectivity index (χ3n) is 6.48. The second-order valence-corrected chi connectivity index (χ2v) is 9.21. The molecule has 0 radical (unpaired) electrons. The lowest BCUT2D eigenvalue weighted by Gasteiger charge is -2.27. The smallest absolute Gasteiger partial charge is 0.343 e. The number of aryl methyl sites for hydroxylation is 1. The van der Waals surface area contributed by atoms with Gasteiger partial charge in [-0.3, -0.25) is 0 Å². The maximum atomic E-state index is 13.2. The van der Waals surface area contributed by atoms with Crippen molar-refractivity contribution in [3.8, 4) is 29.1 Å². The van der Waals surface area contributed by atoms with E-state index in [1.54, 1.807) is 60.7 Å². The lowest BCUT2D eigenvalue weighted by atomic mass is 9.83. The maximum Gasteiger partial charge on any atom is 0.343 e. The minimum Gasteiger partial charge on any atom is -0.493 e. The van der Waals surface area contributed by atoms with Gasteiger partial charge in [0.25, 0.3) is 0 Å². The Balaban J connectivity index is 1.43. The van der Waals surface area contributed by atoms with E-state index in [1.165, 1.54) is 19.2 Å². The summed E-state index contributed by atoms with van der Waals surface area (Å²) in [5, 5.41) is 9.93. The number of carbonyl (C=O) groups excluding carboxylic acids is 1. The van der Waals surface area contributed by atoms with Gasteiger partial charge < -0.3 is 24.7 Å². The summed E-state index contributed by atoms with van der Waals surface area (Å²) >= 11 is 0. The van der Waals surface area contributed by atoms with Crippen LogP contribution in [0, 0.1) is 24.1 Å². The van der Waals surface area contributed by atoms with Crippen molar-refractivity contribution in [2.45, 2.75) is 19.4 Å². The van der Waals surface area contributed by atoms with E-state index in [-0.39, 0.29) is 29.6 Å². The molecule has 0 saturated heterocycles. The number of rotatable bonds is 7. The van der Waals surface area contributed by atoms with Crippen LogP contribution in [0.15, 0.2) is 96.4 Å². The van der Waals surface area contributed by atoms with E-state index in [0.717, 1.165) is 16.7 Å². The molecule has 0 spiro atoms. The number of nitrogens with zero attached hydrogens (tertiary/aromatic N) is 1. The van der Waals surface area contributed by atoms with Crippen LogP contribution in [0.25, 0.3) is 0 Å². The van der Waals surface area contributed by atoms with E-state index in [4.69, 9.17) is 24.7 Å². The molecule has 0 fully saturated rings. The summed E-state index contributed by atoms with van der Waals surface area (Å²) in [5.74, 6) is 0.154. The topological polar surface area (TPSA) is 104 Å². The molecule has 1 heterocycles. The van der Waals surface area contributed by atoms with Crippen molar-refractivity contribution < 1.29 is 28.1 Å². The van der Waals surface area contributed by atoms with Crippen LogP contribution in [-0.2, 0) is 6.61 Å². The number of benzene rings is 4. The van der Waals surface area contributed by atoms with E-state index in [0.29, 0.717) is 28.4 Å². The zero-order valence-electron chi connectivity index (χ0n) is 21.8. The molecule has 8 heteroatoms. The van der Waals surface area contributed by atoms with E-state index in [1.807, 2.05) is 19.1 Å². The third kappa shape index (κ3) is 5.45. The van der Waals surface area contributed by atoms with Gasteiger partial charge >= 0.3 is 5.97 Å². The monoisotopic (exact) mass is 536 g/mol. The number of halogens is 1. The van der Waals surface area contributed by atoms with Gasteiger partial charge in [-0.15, -0.1) is 0 Å². The fourth-order valence-corrected chi connectivity index (χ4v) is 4.50. The second-order valence-electron chi connectivity index (χ2n) is 9.21. The van der Waals surface area contributed by atoms with Crippen LogP contribution in [0.2, 0.25) is 0 Å². The summed E-state index contributed by atoms with van der Waals surface area (Å²) in [7, 11) is 1.52. The quantitative estimate of drug-likeness (QED) is 0.223. The van der Waals surface area contributed by atoms with Gasteiger partial charge in [-0.1, -0.05) is 42.0 Å². The molecular weight excluding hydrogens is 511 g/mol. The summed E-state index contributed by atoms with van der Waals surface area (Å²) in [4.78, 5) is 12.7. The Kier molecular flexibility index (Phi) is 7.38. The van der Waals surface area contributed by atoms with Gasteiger partial charge in [0.2, 0.25) is 5.88 Å². The van der Waals surface area contributed by atoms with Crippen LogP contribution in [0.4, 0.5) is 4.39 Å². The van der Waals surface area contributed by atoms with Crippen LogP contribution in [-0.4, -0.2) is 13.1 Å². The van der Waals surface area contributed by atoms with Gasteiger partial charge in [-0.2, -0.15) is 5.26 Å². The second kappa shape index (κ2) is 11.2. The number of allylic oxidation sites excluding steroid dienone is 1. The average Bonchev–Trinajstić information content (AvgIpc) is 2.96. The number of esters is 1. The van der Waals surface area contributed by atoms with Crippen LogP contribution < -0.4 is 24.7 Å². The van der Waals surface area contributed by atoms with Gasteiger partial charge in [0.1, 0.15) is 35.6 Å². The number of hydrogen-bond acceptors (Lipinski definition) is 7. The molecule has 1 atom stereocenters. The Morgan fingerprint density at radius 2 is 1.82 bits per heavy atom. The van der Waals surface area contributed by atoms with Crippen LogP contribution in [0.5, 0.6) is 23.0 Å². The number of carbonyl (C=O) groups is 1. The summed E-state index contributed by atoms with van der Waals surface area (Å²) < 4.78 is 36.1. The highest BCUT2D eigenvalue weighted by Gasteiger charge is 2.32. The molecular formula is C32H25FN2O5. The predicted octanol–water partition coefficient (Wildman–Crippen LogP) is 6.16. The summed E-state index contributed by atoms with van der Waals surface area (Å²) in [6.45, 7) is 2.11. The largest absolute Gasteiger partial charge is 0.493 e. The molecule has 1 aliphatic rings. The molecule has 4 aromatic carbocycles. The average molecular weight is 537 g/mol. The zero-order valence-corrected chi connectivity index (χ0v) is 21.8. The number of hydrogen-bond donors (Lipinski definition) is 1. The molecule has 7 nitrogen and oxygen atoms in total. The van der Waals surface area contributed by atoms with Gasteiger partial charge in [0.05, 0.1) is 18.6 Å². The highest BCUT2D eigenvalue weighted by atomic mass is 19.1. The Labute approximate surface area is 230 Å². The molecule has 4 aromatic rings. The standard InChI is InChI=1S/C32H25FN2O5/c1-19-4-3-5-22(14-19)32(36)39-24-11-12-25-28(16-24)40-31(35)26(17-34)30(25)21-8-13-27(29(15-21)37-2)38-18-20-6-9-23(33)10-7-20/h3-16,30H,18,35H2,1-2H3. The van der Waals surface area contributed by atoms with E-state index >= 15 is 0 Å². The van der Waals surface area contributed by atoms with E-state index in [2.05, 4.69) is 6.07 Å².